The zero-order chi connectivity index (χ0) is 20.1. The molecule has 3 aromatic rings. The summed E-state index contributed by atoms with van der Waals surface area (Å²) in [4.78, 5) is 39.2. The van der Waals surface area contributed by atoms with Crippen molar-refractivity contribution in [2.24, 2.45) is 0 Å². The standard InChI is InChI=1S/C19H15N3O5S/c1-12(17(23)20-14-9-5-6-10-16(14)22(25)26)27-19(24)15-11-28-18(21-15)13-7-3-2-4-8-13/h2-12H,1H3,(H,20,23)/t12-/m1/s1. The molecule has 0 radical (unpaired) electrons. The number of esters is 1. The Bertz CT molecular complexity index is 1020. The maximum absolute atomic E-state index is 12.3. The lowest BCUT2D eigenvalue weighted by molar-refractivity contribution is -0.383. The number of nitro benzene ring substituents is 1. The van der Waals surface area contributed by atoms with Crippen LogP contribution in [0.2, 0.25) is 0 Å². The summed E-state index contributed by atoms with van der Waals surface area (Å²) in [7, 11) is 0. The van der Waals surface area contributed by atoms with Crippen LogP contribution in [0.4, 0.5) is 11.4 Å². The van der Waals surface area contributed by atoms with Gasteiger partial charge in [-0.1, -0.05) is 42.5 Å². The van der Waals surface area contributed by atoms with E-state index in [0.29, 0.717) is 5.01 Å². The van der Waals surface area contributed by atoms with Crippen molar-refractivity contribution < 1.29 is 19.2 Å². The first-order valence-electron chi connectivity index (χ1n) is 8.22. The molecule has 0 bridgehead atoms. The zero-order valence-electron chi connectivity index (χ0n) is 14.7. The molecular formula is C19H15N3O5S. The molecule has 8 nitrogen and oxygen atoms in total. The maximum Gasteiger partial charge on any atom is 0.358 e. The molecule has 0 spiro atoms. The number of para-hydroxylation sites is 2. The van der Waals surface area contributed by atoms with E-state index in [0.717, 1.165) is 5.56 Å². The maximum atomic E-state index is 12.3. The van der Waals surface area contributed by atoms with E-state index >= 15 is 0 Å². The molecule has 1 amide bonds. The number of carbonyl (C=O) groups is 2. The molecule has 1 heterocycles. The summed E-state index contributed by atoms with van der Waals surface area (Å²) < 4.78 is 5.14. The number of rotatable bonds is 6. The Kier molecular flexibility index (Phi) is 5.75. The fourth-order valence-electron chi connectivity index (χ4n) is 2.33. The Morgan fingerprint density at radius 2 is 1.82 bits per heavy atom. The number of aromatic nitrogens is 1. The second-order valence-electron chi connectivity index (χ2n) is 5.71. The second-order valence-corrected chi connectivity index (χ2v) is 6.57. The SMILES string of the molecule is C[C@@H](OC(=O)c1csc(-c2ccccc2)n1)C(=O)Nc1ccccc1[N+](=O)[O-]. The van der Waals surface area contributed by atoms with Gasteiger partial charge >= 0.3 is 5.97 Å². The van der Waals surface area contributed by atoms with Gasteiger partial charge in [-0.2, -0.15) is 0 Å². The number of nitrogens with one attached hydrogen (secondary N) is 1. The van der Waals surface area contributed by atoms with Gasteiger partial charge in [-0.05, 0) is 13.0 Å². The van der Waals surface area contributed by atoms with E-state index in [1.54, 1.807) is 11.4 Å². The first-order valence-corrected chi connectivity index (χ1v) is 9.10. The summed E-state index contributed by atoms with van der Waals surface area (Å²) in [6.07, 6.45) is -1.16. The monoisotopic (exact) mass is 397 g/mol. The molecule has 0 saturated heterocycles. The number of nitrogens with zero attached hydrogens (tertiary/aromatic N) is 2. The number of benzene rings is 2. The van der Waals surface area contributed by atoms with E-state index in [9.17, 15) is 19.7 Å². The lowest BCUT2D eigenvalue weighted by Crippen LogP contribution is -2.30. The molecule has 0 fully saturated rings. The summed E-state index contributed by atoms with van der Waals surface area (Å²) in [5, 5.41) is 15.6. The van der Waals surface area contributed by atoms with Crippen molar-refractivity contribution in [3.8, 4) is 10.6 Å². The largest absolute Gasteiger partial charge is 0.448 e. The summed E-state index contributed by atoms with van der Waals surface area (Å²) in [6, 6.07) is 15.1. The number of thiazole rings is 1. The molecule has 0 aliphatic rings. The van der Waals surface area contributed by atoms with Gasteiger partial charge in [0.1, 0.15) is 10.7 Å². The Hall–Kier alpha value is -3.59. The molecule has 0 aliphatic heterocycles. The lowest BCUT2D eigenvalue weighted by Gasteiger charge is -2.12. The fourth-order valence-corrected chi connectivity index (χ4v) is 3.12. The van der Waals surface area contributed by atoms with E-state index in [1.165, 1.54) is 36.5 Å². The van der Waals surface area contributed by atoms with E-state index in [1.807, 2.05) is 30.3 Å². The first kappa shape index (κ1) is 19.2. The van der Waals surface area contributed by atoms with Crippen LogP contribution in [0.5, 0.6) is 0 Å². The number of hydrogen-bond acceptors (Lipinski definition) is 7. The van der Waals surface area contributed by atoms with Crippen LogP contribution in [-0.4, -0.2) is 27.9 Å². The van der Waals surface area contributed by atoms with Crippen LogP contribution in [0.15, 0.2) is 60.0 Å². The number of anilines is 1. The van der Waals surface area contributed by atoms with E-state index in [-0.39, 0.29) is 17.1 Å². The Labute approximate surface area is 164 Å². The molecule has 0 aliphatic carbocycles. The molecule has 0 saturated carbocycles. The highest BCUT2D eigenvalue weighted by Crippen LogP contribution is 2.25. The van der Waals surface area contributed by atoms with Crippen LogP contribution >= 0.6 is 11.3 Å². The van der Waals surface area contributed by atoms with Crippen molar-refractivity contribution in [2.75, 3.05) is 5.32 Å². The van der Waals surface area contributed by atoms with Crippen molar-refractivity contribution in [1.82, 2.24) is 4.98 Å². The molecule has 142 valence electrons. The van der Waals surface area contributed by atoms with E-state index < -0.39 is 22.9 Å². The van der Waals surface area contributed by atoms with Gasteiger partial charge in [0.2, 0.25) is 0 Å². The van der Waals surface area contributed by atoms with Gasteiger partial charge in [-0.3, -0.25) is 14.9 Å². The predicted octanol–water partition coefficient (Wildman–Crippen LogP) is 3.90. The van der Waals surface area contributed by atoms with Crippen molar-refractivity contribution in [1.29, 1.82) is 0 Å². The molecule has 1 atom stereocenters. The van der Waals surface area contributed by atoms with Gasteiger partial charge in [0, 0.05) is 17.0 Å². The second kappa shape index (κ2) is 8.40. The van der Waals surface area contributed by atoms with Crippen LogP contribution in [0.1, 0.15) is 17.4 Å². The van der Waals surface area contributed by atoms with Crippen LogP contribution in [0.25, 0.3) is 10.6 Å². The fraction of sp³-hybridized carbons (Fsp3) is 0.105. The lowest BCUT2D eigenvalue weighted by atomic mass is 10.2. The molecule has 9 heteroatoms. The minimum Gasteiger partial charge on any atom is -0.448 e. The highest BCUT2D eigenvalue weighted by atomic mass is 32.1. The van der Waals surface area contributed by atoms with Crippen molar-refractivity contribution in [2.45, 2.75) is 13.0 Å². The van der Waals surface area contributed by atoms with E-state index in [2.05, 4.69) is 10.3 Å². The van der Waals surface area contributed by atoms with Gasteiger partial charge < -0.3 is 10.1 Å². The summed E-state index contributed by atoms with van der Waals surface area (Å²) >= 11 is 1.29. The third-order valence-electron chi connectivity index (χ3n) is 3.75. The van der Waals surface area contributed by atoms with Crippen LogP contribution in [-0.2, 0) is 9.53 Å². The normalized spacial score (nSPS) is 11.5. The summed E-state index contributed by atoms with van der Waals surface area (Å²) in [5.74, 6) is -1.43. The van der Waals surface area contributed by atoms with Crippen LogP contribution < -0.4 is 5.32 Å². The Balaban J connectivity index is 1.65. The highest BCUT2D eigenvalue weighted by molar-refractivity contribution is 7.13. The van der Waals surface area contributed by atoms with Crippen LogP contribution in [0.3, 0.4) is 0 Å². The molecule has 0 unspecified atom stereocenters. The van der Waals surface area contributed by atoms with E-state index in [4.69, 9.17) is 4.74 Å². The quantitative estimate of drug-likeness (QED) is 0.383. The van der Waals surface area contributed by atoms with Crippen molar-refractivity contribution in [3.05, 3.63) is 75.8 Å². The number of amides is 1. The summed E-state index contributed by atoms with van der Waals surface area (Å²) in [5.41, 5.74) is 0.740. The first-order chi connectivity index (χ1) is 13.5. The number of hydrogen-bond donors (Lipinski definition) is 1. The molecular weight excluding hydrogens is 382 g/mol. The average molecular weight is 397 g/mol. The number of ether oxygens (including phenoxy) is 1. The Morgan fingerprint density at radius 3 is 2.54 bits per heavy atom. The van der Waals surface area contributed by atoms with Gasteiger partial charge in [-0.15, -0.1) is 11.3 Å². The van der Waals surface area contributed by atoms with Gasteiger partial charge in [-0.25, -0.2) is 9.78 Å². The topological polar surface area (TPSA) is 111 Å². The molecule has 28 heavy (non-hydrogen) atoms. The van der Waals surface area contributed by atoms with Crippen LogP contribution in [0, 0.1) is 10.1 Å². The highest BCUT2D eigenvalue weighted by Gasteiger charge is 2.23. The van der Waals surface area contributed by atoms with Crippen molar-refractivity contribution >= 4 is 34.6 Å². The average Bonchev–Trinajstić information content (AvgIpc) is 3.19. The molecule has 1 N–H and O–H groups in total. The minimum atomic E-state index is -1.16. The van der Waals surface area contributed by atoms with Gasteiger partial charge in [0.15, 0.2) is 11.8 Å². The molecule has 3 rings (SSSR count). The molecule has 1 aromatic heterocycles. The number of nitro groups is 1. The third-order valence-corrected chi connectivity index (χ3v) is 4.64. The zero-order valence-corrected chi connectivity index (χ0v) is 15.5. The third kappa shape index (κ3) is 4.38. The Morgan fingerprint density at radius 1 is 1.14 bits per heavy atom. The minimum absolute atomic E-state index is 0.0282. The summed E-state index contributed by atoms with van der Waals surface area (Å²) in [6.45, 7) is 1.38. The van der Waals surface area contributed by atoms with Crippen molar-refractivity contribution in [3.63, 3.8) is 0 Å². The number of carbonyl (C=O) groups excluding carboxylic acids is 2. The molecule has 2 aromatic carbocycles. The smallest absolute Gasteiger partial charge is 0.358 e. The van der Waals surface area contributed by atoms with Gasteiger partial charge in [0.25, 0.3) is 11.6 Å². The predicted molar refractivity (Wildman–Crippen MR) is 104 cm³/mol. The van der Waals surface area contributed by atoms with Gasteiger partial charge in [0.05, 0.1) is 4.92 Å².